The number of carbonyl (C=O) groups is 4. The van der Waals surface area contributed by atoms with Crippen LogP contribution in [0.3, 0.4) is 0 Å². The van der Waals surface area contributed by atoms with Crippen molar-refractivity contribution in [3.8, 4) is 0 Å². The molecule has 2 aliphatic rings. The molecule has 0 radical (unpaired) electrons. The average Bonchev–Trinajstić information content (AvgIpc) is 3.15. The van der Waals surface area contributed by atoms with Gasteiger partial charge in [0, 0.05) is 66.5 Å². The molecule has 1 fully saturated rings. The summed E-state index contributed by atoms with van der Waals surface area (Å²) in [6.07, 6.45) is 1.01. The molecule has 274 valence electrons. The standard InChI is InChI=1S/C38H40F3N5O5S/c39-38(40,41)29-9-5-6-25(19-29)22-44-36(50)28-12-14-42-33(20-28)31-21-30(46-15-2-1-3-16-46)10-11-32(31)45-37(51)27-8-4-7-26(18-27)24-52-17-13-34(47)43-23-35(48)49/h4-11,18-21H,1-3,12-17,22-24H2,(H,43,47)(H,44,50)(H,45,51)(H,48,49). The average molecular weight is 736 g/mol. The van der Waals surface area contributed by atoms with Crippen molar-refractivity contribution in [1.29, 1.82) is 0 Å². The van der Waals surface area contributed by atoms with Crippen molar-refractivity contribution >= 4 is 52.5 Å². The lowest BCUT2D eigenvalue weighted by molar-refractivity contribution is -0.138. The lowest BCUT2D eigenvalue weighted by Gasteiger charge is -2.29. The third kappa shape index (κ3) is 10.9. The Bertz CT molecular complexity index is 1860. The largest absolute Gasteiger partial charge is 0.480 e. The van der Waals surface area contributed by atoms with Gasteiger partial charge in [0.25, 0.3) is 5.91 Å². The number of carboxylic acid groups (broad SMARTS) is 1. The number of dihydropyridines is 1. The van der Waals surface area contributed by atoms with E-state index in [1.807, 2.05) is 24.3 Å². The molecule has 0 saturated carbocycles. The first-order valence-corrected chi connectivity index (χ1v) is 18.2. The minimum Gasteiger partial charge on any atom is -0.480 e. The van der Waals surface area contributed by atoms with Gasteiger partial charge in [-0.05, 0) is 85.4 Å². The molecule has 0 bridgehead atoms. The Morgan fingerprint density at radius 1 is 0.885 bits per heavy atom. The summed E-state index contributed by atoms with van der Waals surface area (Å²) >= 11 is 1.49. The first kappa shape index (κ1) is 38.1. The van der Waals surface area contributed by atoms with Gasteiger partial charge in [-0.2, -0.15) is 24.9 Å². The van der Waals surface area contributed by atoms with Gasteiger partial charge in [0.1, 0.15) is 6.54 Å². The fourth-order valence-corrected chi connectivity index (χ4v) is 6.78. The zero-order valence-corrected chi connectivity index (χ0v) is 29.2. The Hall–Kier alpha value is -5.11. The molecule has 2 heterocycles. The number of nitrogens with zero attached hydrogens (tertiary/aromatic N) is 2. The van der Waals surface area contributed by atoms with Crippen molar-refractivity contribution in [2.24, 2.45) is 4.99 Å². The van der Waals surface area contributed by atoms with Gasteiger partial charge in [-0.1, -0.05) is 24.3 Å². The minimum absolute atomic E-state index is 0.0714. The summed E-state index contributed by atoms with van der Waals surface area (Å²) in [6, 6.07) is 17.8. The number of amides is 3. The normalized spacial score (nSPS) is 14.6. The van der Waals surface area contributed by atoms with Crippen molar-refractivity contribution in [2.75, 3.05) is 42.1 Å². The van der Waals surface area contributed by atoms with Crippen LogP contribution in [-0.2, 0) is 32.9 Å². The molecule has 0 aliphatic carbocycles. The van der Waals surface area contributed by atoms with Gasteiger partial charge in [0.2, 0.25) is 11.8 Å². The third-order valence-corrected chi connectivity index (χ3v) is 9.62. The number of aliphatic imine (C=N–C) groups is 1. The quantitative estimate of drug-likeness (QED) is 0.145. The number of rotatable bonds is 14. The summed E-state index contributed by atoms with van der Waals surface area (Å²) in [6.45, 7) is 1.62. The molecule has 3 aromatic carbocycles. The maximum Gasteiger partial charge on any atom is 0.416 e. The van der Waals surface area contributed by atoms with Gasteiger partial charge in [-0.25, -0.2) is 0 Å². The lowest BCUT2D eigenvalue weighted by Crippen LogP contribution is -2.30. The van der Waals surface area contributed by atoms with Crippen molar-refractivity contribution < 1.29 is 37.5 Å². The van der Waals surface area contributed by atoms with Gasteiger partial charge in [0.15, 0.2) is 0 Å². The highest BCUT2D eigenvalue weighted by atomic mass is 32.2. The van der Waals surface area contributed by atoms with Crippen LogP contribution in [0.15, 0.2) is 83.4 Å². The van der Waals surface area contributed by atoms with Crippen molar-refractivity contribution in [2.45, 2.75) is 50.6 Å². The Labute approximate surface area is 304 Å². The Morgan fingerprint density at radius 3 is 2.42 bits per heavy atom. The Kier molecular flexibility index (Phi) is 13.1. The second kappa shape index (κ2) is 17.9. The molecule has 10 nitrogen and oxygen atoms in total. The lowest BCUT2D eigenvalue weighted by atomic mass is 9.98. The number of hydrogen-bond donors (Lipinski definition) is 4. The summed E-state index contributed by atoms with van der Waals surface area (Å²) in [7, 11) is 0. The van der Waals surface area contributed by atoms with Crippen LogP contribution in [0.2, 0.25) is 0 Å². The van der Waals surface area contributed by atoms with E-state index in [1.165, 1.54) is 23.9 Å². The van der Waals surface area contributed by atoms with E-state index in [4.69, 9.17) is 10.1 Å². The van der Waals surface area contributed by atoms with Crippen molar-refractivity contribution in [3.63, 3.8) is 0 Å². The maximum atomic E-state index is 13.6. The second-order valence-electron chi connectivity index (χ2n) is 12.5. The molecule has 0 unspecified atom stereocenters. The van der Waals surface area contributed by atoms with Crippen molar-refractivity contribution in [1.82, 2.24) is 10.6 Å². The van der Waals surface area contributed by atoms with E-state index in [0.717, 1.165) is 55.7 Å². The summed E-state index contributed by atoms with van der Waals surface area (Å²) in [4.78, 5) is 56.2. The summed E-state index contributed by atoms with van der Waals surface area (Å²) < 4.78 is 39.6. The van der Waals surface area contributed by atoms with Crippen LogP contribution in [0, 0.1) is 0 Å². The van der Waals surface area contributed by atoms with Crippen LogP contribution in [0.1, 0.15) is 64.7 Å². The zero-order chi connectivity index (χ0) is 37.1. The van der Waals surface area contributed by atoms with Crippen LogP contribution in [0.4, 0.5) is 24.5 Å². The van der Waals surface area contributed by atoms with Gasteiger partial charge in [0.05, 0.1) is 17.0 Å². The molecular formula is C38H40F3N5O5S. The molecule has 0 spiro atoms. The topological polar surface area (TPSA) is 140 Å². The van der Waals surface area contributed by atoms with Crippen LogP contribution in [-0.4, -0.2) is 66.4 Å². The smallest absolute Gasteiger partial charge is 0.416 e. The van der Waals surface area contributed by atoms with E-state index in [2.05, 4.69) is 20.9 Å². The maximum absolute atomic E-state index is 13.6. The van der Waals surface area contributed by atoms with Crippen molar-refractivity contribution in [3.05, 3.63) is 106 Å². The Morgan fingerprint density at radius 2 is 1.65 bits per heavy atom. The van der Waals surface area contributed by atoms with E-state index in [-0.39, 0.29) is 24.8 Å². The van der Waals surface area contributed by atoms with Gasteiger partial charge < -0.3 is 26.0 Å². The minimum atomic E-state index is -4.48. The summed E-state index contributed by atoms with van der Waals surface area (Å²) in [5.74, 6) is -1.17. The molecule has 0 aromatic heterocycles. The van der Waals surface area contributed by atoms with Crippen LogP contribution >= 0.6 is 11.8 Å². The number of nitrogens with one attached hydrogen (secondary N) is 3. The van der Waals surface area contributed by atoms with Crippen LogP contribution in [0.25, 0.3) is 0 Å². The predicted molar refractivity (Wildman–Crippen MR) is 196 cm³/mol. The molecule has 1 saturated heterocycles. The first-order chi connectivity index (χ1) is 25.0. The Balaban J connectivity index is 1.30. The fourth-order valence-electron chi connectivity index (χ4n) is 5.89. The number of carbonyl (C=O) groups excluding carboxylic acids is 3. The number of thioether (sulfide) groups is 1. The molecular weight excluding hydrogens is 696 g/mol. The van der Waals surface area contributed by atoms with E-state index >= 15 is 0 Å². The molecule has 5 rings (SSSR count). The molecule has 3 amide bonds. The summed E-state index contributed by atoms with van der Waals surface area (Å²) in [5.41, 5.74) is 3.94. The van der Waals surface area contributed by atoms with E-state index in [1.54, 1.807) is 24.3 Å². The second-order valence-corrected chi connectivity index (χ2v) is 13.6. The number of allylic oxidation sites excluding steroid dienone is 1. The van der Waals surface area contributed by atoms with Gasteiger partial charge in [-0.3, -0.25) is 24.2 Å². The highest BCUT2D eigenvalue weighted by molar-refractivity contribution is 7.98. The van der Waals surface area contributed by atoms with E-state index in [9.17, 15) is 32.3 Å². The highest BCUT2D eigenvalue weighted by Crippen LogP contribution is 2.31. The number of anilines is 2. The number of alkyl halides is 3. The number of carboxylic acids is 1. The molecule has 2 aliphatic heterocycles. The molecule has 52 heavy (non-hydrogen) atoms. The zero-order valence-electron chi connectivity index (χ0n) is 28.4. The van der Waals surface area contributed by atoms with E-state index in [0.29, 0.717) is 58.1 Å². The molecule has 3 aromatic rings. The first-order valence-electron chi connectivity index (χ1n) is 17.0. The molecule has 4 N–H and O–H groups in total. The predicted octanol–water partition coefficient (Wildman–Crippen LogP) is 6.21. The fraction of sp³-hybridized carbons (Fsp3) is 0.342. The number of benzene rings is 3. The number of halogens is 3. The molecule has 14 heteroatoms. The highest BCUT2D eigenvalue weighted by Gasteiger charge is 2.30. The van der Waals surface area contributed by atoms with Crippen LogP contribution in [0.5, 0.6) is 0 Å². The number of hydrogen-bond acceptors (Lipinski definition) is 7. The van der Waals surface area contributed by atoms with Crippen LogP contribution < -0.4 is 20.9 Å². The monoisotopic (exact) mass is 735 g/mol. The summed E-state index contributed by atoms with van der Waals surface area (Å²) in [5, 5.41) is 16.8. The van der Waals surface area contributed by atoms with Gasteiger partial charge >= 0.3 is 12.1 Å². The number of aliphatic carboxylic acids is 1. The SMILES string of the molecule is O=C(O)CNC(=O)CCSCc1cccc(C(=O)Nc2ccc(N3CCCCC3)cc2C2=NCCC(C(=O)NCc3cccc(C(F)(F)F)c3)=C2)c1. The number of piperidine rings is 1. The van der Waals surface area contributed by atoms with Gasteiger partial charge in [-0.15, -0.1) is 0 Å². The molecule has 0 atom stereocenters. The van der Waals surface area contributed by atoms with E-state index < -0.39 is 30.2 Å². The third-order valence-electron chi connectivity index (χ3n) is 8.59.